The maximum Gasteiger partial charge on any atom is 0.331 e. The summed E-state index contributed by atoms with van der Waals surface area (Å²) in [7, 11) is 0. The van der Waals surface area contributed by atoms with Gasteiger partial charge in [-0.2, -0.15) is 0 Å². The van der Waals surface area contributed by atoms with Crippen LogP contribution >= 0.6 is 0 Å². The molecule has 2 heteroatoms. The molecule has 0 aliphatic carbocycles. The number of hydrogen-bond donors (Lipinski definition) is 0. The van der Waals surface area contributed by atoms with Crippen LogP contribution in [-0.4, -0.2) is 12.6 Å². The molecule has 0 aromatic carbocycles. The lowest BCUT2D eigenvalue weighted by Gasteiger charge is -1.97. The van der Waals surface area contributed by atoms with Gasteiger partial charge in [0.05, 0.1) is 6.61 Å². The highest BCUT2D eigenvalue weighted by atomic mass is 16.5. The largest absolute Gasteiger partial charge is 0.463 e. The van der Waals surface area contributed by atoms with Gasteiger partial charge in [0.15, 0.2) is 0 Å². The molecule has 0 atom stereocenters. The van der Waals surface area contributed by atoms with E-state index in [2.05, 4.69) is 6.58 Å². The standard InChI is InChI=1S/C9H14O2/c1-4-8(5-2)7-9(10)11-6-3/h4,7H,1,5-6H2,2-3H3/b8-7-. The Morgan fingerprint density at radius 3 is 2.55 bits per heavy atom. The van der Waals surface area contributed by atoms with Crippen LogP contribution in [0.2, 0.25) is 0 Å². The SMILES string of the molecule is C=C/C(=C/C(=O)OCC)CC. The van der Waals surface area contributed by atoms with Crippen LogP contribution < -0.4 is 0 Å². The molecule has 0 aliphatic heterocycles. The van der Waals surface area contributed by atoms with Crippen molar-refractivity contribution >= 4 is 5.97 Å². The van der Waals surface area contributed by atoms with E-state index in [1.54, 1.807) is 13.0 Å². The van der Waals surface area contributed by atoms with Crippen LogP contribution in [0.25, 0.3) is 0 Å². The van der Waals surface area contributed by atoms with Gasteiger partial charge in [-0.3, -0.25) is 0 Å². The zero-order valence-electron chi connectivity index (χ0n) is 7.09. The van der Waals surface area contributed by atoms with Crippen LogP contribution in [0.3, 0.4) is 0 Å². The van der Waals surface area contributed by atoms with Gasteiger partial charge in [0.2, 0.25) is 0 Å². The minimum absolute atomic E-state index is 0.288. The third-order valence-electron chi connectivity index (χ3n) is 1.26. The van der Waals surface area contributed by atoms with Gasteiger partial charge in [-0.05, 0) is 18.9 Å². The Kier molecular flexibility index (Phi) is 5.17. The van der Waals surface area contributed by atoms with Gasteiger partial charge < -0.3 is 4.74 Å². The van der Waals surface area contributed by atoms with E-state index < -0.39 is 0 Å². The fourth-order valence-corrected chi connectivity index (χ4v) is 0.641. The second-order valence-corrected chi connectivity index (χ2v) is 2.03. The monoisotopic (exact) mass is 154 g/mol. The van der Waals surface area contributed by atoms with Crippen molar-refractivity contribution in [1.82, 2.24) is 0 Å². The van der Waals surface area contributed by atoms with E-state index in [-0.39, 0.29) is 5.97 Å². The second-order valence-electron chi connectivity index (χ2n) is 2.03. The summed E-state index contributed by atoms with van der Waals surface area (Å²) in [5.41, 5.74) is 0.906. The highest BCUT2D eigenvalue weighted by Gasteiger charge is 1.96. The number of carbonyl (C=O) groups excluding carboxylic acids is 1. The molecule has 0 saturated heterocycles. The first-order chi connectivity index (χ1) is 5.24. The molecule has 0 bridgehead atoms. The average Bonchev–Trinajstić information content (AvgIpc) is 2.01. The fraction of sp³-hybridized carbons (Fsp3) is 0.444. The molecule has 0 spiro atoms. The van der Waals surface area contributed by atoms with Crippen molar-refractivity contribution in [3.63, 3.8) is 0 Å². The van der Waals surface area contributed by atoms with Gasteiger partial charge in [0.25, 0.3) is 0 Å². The number of hydrogen-bond acceptors (Lipinski definition) is 2. The molecule has 0 rings (SSSR count). The molecule has 0 radical (unpaired) electrons. The summed E-state index contributed by atoms with van der Waals surface area (Å²) < 4.78 is 4.71. The molecule has 11 heavy (non-hydrogen) atoms. The zero-order chi connectivity index (χ0) is 8.69. The van der Waals surface area contributed by atoms with E-state index >= 15 is 0 Å². The molecule has 0 saturated carbocycles. The van der Waals surface area contributed by atoms with E-state index in [9.17, 15) is 4.79 Å². The molecular weight excluding hydrogens is 140 g/mol. The van der Waals surface area contributed by atoms with Crippen LogP contribution in [0.4, 0.5) is 0 Å². The molecular formula is C9H14O2. The van der Waals surface area contributed by atoms with Gasteiger partial charge in [-0.15, -0.1) is 0 Å². The number of rotatable bonds is 4. The molecule has 0 fully saturated rings. The van der Waals surface area contributed by atoms with Crippen molar-refractivity contribution < 1.29 is 9.53 Å². The fourth-order valence-electron chi connectivity index (χ4n) is 0.641. The van der Waals surface area contributed by atoms with Crippen LogP contribution in [-0.2, 0) is 9.53 Å². The Hall–Kier alpha value is -1.05. The first kappa shape index (κ1) is 9.95. The molecule has 0 N–H and O–H groups in total. The van der Waals surface area contributed by atoms with Gasteiger partial charge in [-0.1, -0.05) is 19.6 Å². The Bertz CT molecular complexity index is 168. The van der Waals surface area contributed by atoms with E-state index in [1.807, 2.05) is 6.92 Å². The minimum atomic E-state index is -0.288. The van der Waals surface area contributed by atoms with Gasteiger partial charge in [0.1, 0.15) is 0 Å². The zero-order valence-corrected chi connectivity index (χ0v) is 7.09. The number of allylic oxidation sites excluding steroid dienone is 2. The van der Waals surface area contributed by atoms with Crippen molar-refractivity contribution in [2.75, 3.05) is 6.61 Å². The van der Waals surface area contributed by atoms with Crippen LogP contribution in [0.15, 0.2) is 24.3 Å². The van der Waals surface area contributed by atoms with Crippen molar-refractivity contribution in [3.8, 4) is 0 Å². The lowest BCUT2D eigenvalue weighted by atomic mass is 10.2. The summed E-state index contributed by atoms with van der Waals surface area (Å²) in [5, 5.41) is 0. The first-order valence-corrected chi connectivity index (χ1v) is 3.74. The number of esters is 1. The highest BCUT2D eigenvalue weighted by Crippen LogP contribution is 2.00. The molecule has 0 aromatic rings. The summed E-state index contributed by atoms with van der Waals surface area (Å²) >= 11 is 0. The Morgan fingerprint density at radius 2 is 2.18 bits per heavy atom. The predicted molar refractivity (Wildman–Crippen MR) is 45.2 cm³/mol. The lowest BCUT2D eigenvalue weighted by Crippen LogP contribution is -2.00. The van der Waals surface area contributed by atoms with E-state index in [0.717, 1.165) is 12.0 Å². The Balaban J connectivity index is 4.03. The summed E-state index contributed by atoms with van der Waals surface area (Å²) in [6.45, 7) is 7.74. The quantitative estimate of drug-likeness (QED) is 0.352. The molecule has 0 heterocycles. The molecule has 0 aliphatic rings. The van der Waals surface area contributed by atoms with Gasteiger partial charge in [-0.25, -0.2) is 4.79 Å². The summed E-state index contributed by atoms with van der Waals surface area (Å²) in [5.74, 6) is -0.288. The summed E-state index contributed by atoms with van der Waals surface area (Å²) in [6.07, 6.45) is 3.94. The van der Waals surface area contributed by atoms with E-state index in [0.29, 0.717) is 6.61 Å². The first-order valence-electron chi connectivity index (χ1n) is 3.74. The predicted octanol–water partition coefficient (Wildman–Crippen LogP) is 2.07. The minimum Gasteiger partial charge on any atom is -0.463 e. The Labute approximate surface area is 67.6 Å². The molecule has 0 amide bonds. The maximum atomic E-state index is 10.8. The van der Waals surface area contributed by atoms with Crippen LogP contribution in [0.5, 0.6) is 0 Å². The summed E-state index contributed by atoms with van der Waals surface area (Å²) in [6, 6.07) is 0. The third kappa shape index (κ3) is 4.37. The Morgan fingerprint density at radius 1 is 1.55 bits per heavy atom. The van der Waals surface area contributed by atoms with Gasteiger partial charge >= 0.3 is 5.97 Å². The smallest absolute Gasteiger partial charge is 0.331 e. The normalized spacial score (nSPS) is 10.9. The van der Waals surface area contributed by atoms with Crippen molar-refractivity contribution in [2.24, 2.45) is 0 Å². The number of carbonyl (C=O) groups is 1. The van der Waals surface area contributed by atoms with Gasteiger partial charge in [0, 0.05) is 6.08 Å². The van der Waals surface area contributed by atoms with Crippen molar-refractivity contribution in [2.45, 2.75) is 20.3 Å². The van der Waals surface area contributed by atoms with Crippen molar-refractivity contribution in [1.29, 1.82) is 0 Å². The topological polar surface area (TPSA) is 26.3 Å². The number of ether oxygens (including phenoxy) is 1. The average molecular weight is 154 g/mol. The lowest BCUT2D eigenvalue weighted by molar-refractivity contribution is -0.137. The van der Waals surface area contributed by atoms with E-state index in [1.165, 1.54) is 6.08 Å². The molecule has 2 nitrogen and oxygen atoms in total. The maximum absolute atomic E-state index is 10.8. The molecule has 0 unspecified atom stereocenters. The molecule has 0 aromatic heterocycles. The van der Waals surface area contributed by atoms with Crippen LogP contribution in [0, 0.1) is 0 Å². The van der Waals surface area contributed by atoms with Crippen LogP contribution in [0.1, 0.15) is 20.3 Å². The van der Waals surface area contributed by atoms with E-state index in [4.69, 9.17) is 4.74 Å². The van der Waals surface area contributed by atoms with Crippen molar-refractivity contribution in [3.05, 3.63) is 24.3 Å². The molecule has 62 valence electrons. The second kappa shape index (κ2) is 5.71. The third-order valence-corrected chi connectivity index (χ3v) is 1.26. The highest BCUT2D eigenvalue weighted by molar-refractivity contribution is 5.83. The summed E-state index contributed by atoms with van der Waals surface area (Å²) in [4.78, 5) is 10.8.